The minimum atomic E-state index is -0.658. The number of phenols is 1. The van der Waals surface area contributed by atoms with Crippen molar-refractivity contribution in [2.24, 2.45) is 0 Å². The van der Waals surface area contributed by atoms with Gasteiger partial charge in [0.1, 0.15) is 5.82 Å². The van der Waals surface area contributed by atoms with Gasteiger partial charge >= 0.3 is 0 Å². The first-order valence-electron chi connectivity index (χ1n) is 6.75. The van der Waals surface area contributed by atoms with E-state index in [0.717, 1.165) is 37.2 Å². The summed E-state index contributed by atoms with van der Waals surface area (Å²) < 4.78 is 13.5. The van der Waals surface area contributed by atoms with Gasteiger partial charge in [-0.3, -0.25) is 0 Å². The van der Waals surface area contributed by atoms with Gasteiger partial charge in [0.25, 0.3) is 0 Å². The summed E-state index contributed by atoms with van der Waals surface area (Å²) in [5.74, 6) is 0.294. The van der Waals surface area contributed by atoms with Crippen molar-refractivity contribution in [2.45, 2.75) is 25.7 Å². The van der Waals surface area contributed by atoms with E-state index in [1.807, 2.05) is 7.05 Å². The lowest BCUT2D eigenvalue weighted by Crippen LogP contribution is -2.11. The van der Waals surface area contributed by atoms with Crippen LogP contribution in [0.25, 0.3) is 11.4 Å². The highest BCUT2D eigenvalue weighted by molar-refractivity contribution is 5.61. The van der Waals surface area contributed by atoms with Crippen LogP contribution in [0.4, 0.5) is 10.2 Å². The Balaban J connectivity index is 2.11. The Morgan fingerprint density at radius 1 is 1.20 bits per heavy atom. The van der Waals surface area contributed by atoms with Crippen molar-refractivity contribution < 1.29 is 9.50 Å². The zero-order chi connectivity index (χ0) is 14.1. The van der Waals surface area contributed by atoms with E-state index in [-0.39, 0.29) is 5.75 Å². The molecule has 2 N–H and O–H groups in total. The van der Waals surface area contributed by atoms with Crippen LogP contribution in [0, 0.1) is 5.82 Å². The van der Waals surface area contributed by atoms with Crippen LogP contribution >= 0.6 is 0 Å². The topological polar surface area (TPSA) is 58.0 Å². The molecular weight excluding hydrogens is 257 g/mol. The van der Waals surface area contributed by atoms with Crippen molar-refractivity contribution in [1.29, 1.82) is 0 Å². The number of phenolic OH excluding ortho intramolecular Hbond substituents is 1. The summed E-state index contributed by atoms with van der Waals surface area (Å²) in [6.45, 7) is 0. The second-order valence-electron chi connectivity index (χ2n) is 4.94. The van der Waals surface area contributed by atoms with Crippen LogP contribution in [0.1, 0.15) is 24.1 Å². The average Bonchev–Trinajstić information content (AvgIpc) is 2.49. The fourth-order valence-electron chi connectivity index (χ4n) is 2.58. The van der Waals surface area contributed by atoms with Crippen molar-refractivity contribution in [3.8, 4) is 17.1 Å². The number of nitrogens with one attached hydrogen (secondary N) is 1. The highest BCUT2D eigenvalue weighted by atomic mass is 19.1. The molecule has 0 radical (unpaired) electrons. The van der Waals surface area contributed by atoms with Crippen molar-refractivity contribution in [1.82, 2.24) is 9.97 Å². The molecule has 20 heavy (non-hydrogen) atoms. The maximum Gasteiger partial charge on any atom is 0.165 e. The molecule has 0 amide bonds. The highest BCUT2D eigenvalue weighted by Gasteiger charge is 2.18. The maximum atomic E-state index is 13.5. The molecule has 4 nitrogen and oxygen atoms in total. The molecule has 1 aliphatic rings. The fraction of sp³-hybridized carbons (Fsp3) is 0.333. The lowest BCUT2D eigenvalue weighted by Gasteiger charge is -2.18. The normalized spacial score (nSPS) is 13.9. The predicted octanol–water partition coefficient (Wildman–Crippen LogP) is 2.91. The van der Waals surface area contributed by atoms with E-state index >= 15 is 0 Å². The summed E-state index contributed by atoms with van der Waals surface area (Å²) in [4.78, 5) is 9.04. The van der Waals surface area contributed by atoms with Crippen LogP contribution in [-0.2, 0) is 12.8 Å². The van der Waals surface area contributed by atoms with Gasteiger partial charge in [0, 0.05) is 23.9 Å². The quantitative estimate of drug-likeness (QED) is 0.883. The minimum absolute atomic E-state index is 0.361. The Morgan fingerprint density at radius 3 is 2.75 bits per heavy atom. The first kappa shape index (κ1) is 12.8. The number of aromatic hydroxyl groups is 1. The third-order valence-electron chi connectivity index (χ3n) is 3.63. The van der Waals surface area contributed by atoms with Crippen LogP contribution in [0.5, 0.6) is 5.75 Å². The van der Waals surface area contributed by atoms with Gasteiger partial charge in [-0.05, 0) is 43.9 Å². The summed E-state index contributed by atoms with van der Waals surface area (Å²) >= 11 is 0. The van der Waals surface area contributed by atoms with Gasteiger partial charge < -0.3 is 10.4 Å². The minimum Gasteiger partial charge on any atom is -0.505 e. The molecule has 5 heteroatoms. The summed E-state index contributed by atoms with van der Waals surface area (Å²) in [7, 11) is 1.83. The van der Waals surface area contributed by atoms with E-state index in [9.17, 15) is 9.50 Å². The van der Waals surface area contributed by atoms with Gasteiger partial charge in [-0.2, -0.15) is 0 Å². The molecule has 0 bridgehead atoms. The van der Waals surface area contributed by atoms with Gasteiger partial charge in [-0.25, -0.2) is 14.4 Å². The molecule has 1 aliphatic carbocycles. The Morgan fingerprint density at radius 2 is 2.00 bits per heavy atom. The number of rotatable bonds is 2. The Hall–Kier alpha value is -2.17. The van der Waals surface area contributed by atoms with Crippen molar-refractivity contribution in [2.75, 3.05) is 12.4 Å². The first-order valence-corrected chi connectivity index (χ1v) is 6.75. The van der Waals surface area contributed by atoms with Gasteiger partial charge in [0.05, 0.1) is 0 Å². The zero-order valence-corrected chi connectivity index (χ0v) is 11.3. The SMILES string of the molecule is CNc1nc(-c2ccc(O)c(F)c2)nc2c1CCCC2. The van der Waals surface area contributed by atoms with Gasteiger partial charge in [-0.15, -0.1) is 0 Å². The van der Waals surface area contributed by atoms with Gasteiger partial charge in [0.15, 0.2) is 17.4 Å². The molecule has 3 rings (SSSR count). The molecule has 0 fully saturated rings. The van der Waals surface area contributed by atoms with Crippen molar-refractivity contribution in [3.63, 3.8) is 0 Å². The van der Waals surface area contributed by atoms with E-state index in [1.165, 1.54) is 17.7 Å². The molecule has 1 aromatic heterocycles. The third kappa shape index (κ3) is 2.19. The number of hydrogen-bond acceptors (Lipinski definition) is 4. The molecular formula is C15H16FN3O. The van der Waals surface area contributed by atoms with Gasteiger partial charge in [-0.1, -0.05) is 0 Å². The molecule has 0 unspecified atom stereocenters. The number of anilines is 1. The smallest absolute Gasteiger partial charge is 0.165 e. The third-order valence-corrected chi connectivity index (χ3v) is 3.63. The molecule has 0 aliphatic heterocycles. The van der Waals surface area contributed by atoms with Gasteiger partial charge in [0.2, 0.25) is 0 Å². The lowest BCUT2D eigenvalue weighted by molar-refractivity contribution is 0.432. The van der Waals surface area contributed by atoms with Crippen LogP contribution in [-0.4, -0.2) is 22.1 Å². The van der Waals surface area contributed by atoms with Crippen molar-refractivity contribution >= 4 is 5.82 Å². The molecule has 0 saturated heterocycles. The van der Waals surface area contributed by atoms with E-state index < -0.39 is 5.82 Å². The number of benzene rings is 1. The number of hydrogen-bond donors (Lipinski definition) is 2. The first-order chi connectivity index (χ1) is 9.69. The van der Waals surface area contributed by atoms with E-state index in [1.54, 1.807) is 6.07 Å². The summed E-state index contributed by atoms with van der Waals surface area (Å²) in [6.07, 6.45) is 4.19. The molecule has 2 aromatic rings. The Labute approximate surface area is 116 Å². The largest absolute Gasteiger partial charge is 0.505 e. The van der Waals surface area contributed by atoms with Crippen molar-refractivity contribution in [3.05, 3.63) is 35.3 Å². The average molecular weight is 273 g/mol. The molecule has 0 saturated carbocycles. The maximum absolute atomic E-state index is 13.5. The van der Waals surface area contributed by atoms with E-state index in [2.05, 4.69) is 15.3 Å². The number of aromatic nitrogens is 2. The number of aryl methyl sites for hydroxylation is 1. The van der Waals surface area contributed by atoms with E-state index in [4.69, 9.17) is 0 Å². The predicted molar refractivity (Wildman–Crippen MR) is 75.3 cm³/mol. The summed E-state index contributed by atoms with van der Waals surface area (Å²) in [6, 6.07) is 4.22. The number of halogens is 1. The second kappa shape index (κ2) is 5.07. The van der Waals surface area contributed by atoms with Crippen LogP contribution in [0.3, 0.4) is 0 Å². The summed E-state index contributed by atoms with van der Waals surface area (Å²) in [5, 5.41) is 12.4. The monoisotopic (exact) mass is 273 g/mol. The lowest BCUT2D eigenvalue weighted by atomic mass is 9.96. The number of fused-ring (bicyclic) bond motifs is 1. The molecule has 1 aromatic carbocycles. The standard InChI is InChI=1S/C15H16FN3O/c1-17-15-10-4-2-3-5-12(10)18-14(19-15)9-6-7-13(20)11(16)8-9/h6-8,20H,2-5H2,1H3,(H,17,18,19). The Kier molecular flexibility index (Phi) is 3.26. The van der Waals surface area contributed by atoms with Crippen LogP contribution in [0.2, 0.25) is 0 Å². The zero-order valence-electron chi connectivity index (χ0n) is 11.3. The highest BCUT2D eigenvalue weighted by Crippen LogP contribution is 2.29. The molecule has 104 valence electrons. The Bertz CT molecular complexity index is 641. The van der Waals surface area contributed by atoms with Crippen LogP contribution in [0.15, 0.2) is 18.2 Å². The molecule has 0 spiro atoms. The molecule has 0 atom stereocenters. The second-order valence-corrected chi connectivity index (χ2v) is 4.94. The summed E-state index contributed by atoms with van der Waals surface area (Å²) in [5.41, 5.74) is 2.78. The fourth-order valence-corrected chi connectivity index (χ4v) is 2.58. The molecule has 1 heterocycles. The number of nitrogens with zero attached hydrogens (tertiary/aromatic N) is 2. The van der Waals surface area contributed by atoms with Crippen LogP contribution < -0.4 is 5.32 Å². The van der Waals surface area contributed by atoms with E-state index in [0.29, 0.717) is 11.4 Å².